The maximum atomic E-state index is 13.4. The van der Waals surface area contributed by atoms with Crippen molar-refractivity contribution in [1.82, 2.24) is 9.80 Å². The van der Waals surface area contributed by atoms with Gasteiger partial charge in [0.05, 0.1) is 5.41 Å². The number of piperazine rings is 1. The van der Waals surface area contributed by atoms with Crippen LogP contribution in [-0.2, 0) is 4.79 Å². The summed E-state index contributed by atoms with van der Waals surface area (Å²) >= 11 is 0. The third-order valence-corrected chi connectivity index (χ3v) is 7.62. The molecule has 0 unspecified atom stereocenters. The number of halogens is 1. The van der Waals surface area contributed by atoms with Crippen LogP contribution in [0, 0.1) is 29.0 Å². The van der Waals surface area contributed by atoms with E-state index in [1.54, 1.807) is 12.1 Å². The molecule has 152 valence electrons. The summed E-state index contributed by atoms with van der Waals surface area (Å²) < 4.78 is 18.9. The van der Waals surface area contributed by atoms with Gasteiger partial charge in [-0.2, -0.15) is 0 Å². The van der Waals surface area contributed by atoms with Gasteiger partial charge in [-0.05, 0) is 68.4 Å². The second kappa shape index (κ2) is 7.33. The molecular weight excluding hydrogens is 355 g/mol. The van der Waals surface area contributed by atoms with Crippen molar-refractivity contribution in [3.63, 3.8) is 0 Å². The highest BCUT2D eigenvalue weighted by molar-refractivity contribution is 5.83. The summed E-state index contributed by atoms with van der Waals surface area (Å²) in [7, 11) is 0. The monoisotopic (exact) mass is 386 g/mol. The van der Waals surface area contributed by atoms with E-state index in [0.717, 1.165) is 69.7 Å². The summed E-state index contributed by atoms with van der Waals surface area (Å²) in [5.41, 5.74) is -0.0165. The molecule has 1 aromatic carbocycles. The summed E-state index contributed by atoms with van der Waals surface area (Å²) in [5.74, 6) is 3.22. The zero-order valence-corrected chi connectivity index (χ0v) is 16.6. The quantitative estimate of drug-likeness (QED) is 0.776. The Morgan fingerprint density at radius 3 is 2.29 bits per heavy atom. The fraction of sp³-hybridized carbons (Fsp3) is 0.696. The lowest BCUT2D eigenvalue weighted by Crippen LogP contribution is -2.58. The lowest BCUT2D eigenvalue weighted by Gasteiger charge is -2.57. The van der Waals surface area contributed by atoms with Gasteiger partial charge in [0.25, 0.3) is 0 Å². The SMILES string of the molecule is O=C(N1CCN(CCOc2cccc(F)c2)CC1)C12CC3CC(CC(C3)C1)C2. The molecule has 0 aromatic heterocycles. The Bertz CT molecular complexity index is 694. The minimum atomic E-state index is -0.269. The van der Waals surface area contributed by atoms with Crippen molar-refractivity contribution >= 4 is 5.91 Å². The molecule has 0 N–H and O–H groups in total. The molecule has 1 amide bonds. The molecule has 0 atom stereocenters. The summed E-state index contributed by atoms with van der Waals surface area (Å²) in [6, 6.07) is 6.29. The van der Waals surface area contributed by atoms with E-state index in [0.29, 0.717) is 18.3 Å². The topological polar surface area (TPSA) is 32.8 Å². The maximum absolute atomic E-state index is 13.4. The van der Waals surface area contributed by atoms with Gasteiger partial charge >= 0.3 is 0 Å². The van der Waals surface area contributed by atoms with Crippen molar-refractivity contribution < 1.29 is 13.9 Å². The summed E-state index contributed by atoms with van der Waals surface area (Å²) in [6.07, 6.45) is 7.60. The molecule has 1 heterocycles. The van der Waals surface area contributed by atoms with E-state index in [4.69, 9.17) is 4.74 Å². The van der Waals surface area contributed by atoms with Gasteiger partial charge in [0.1, 0.15) is 18.2 Å². The molecule has 0 radical (unpaired) electrons. The lowest BCUT2D eigenvalue weighted by atomic mass is 9.49. The van der Waals surface area contributed by atoms with Crippen LogP contribution in [0.25, 0.3) is 0 Å². The van der Waals surface area contributed by atoms with Crippen molar-refractivity contribution in [2.24, 2.45) is 23.2 Å². The van der Waals surface area contributed by atoms with Gasteiger partial charge in [-0.25, -0.2) is 4.39 Å². The molecule has 1 aromatic rings. The Labute approximate surface area is 167 Å². The lowest BCUT2D eigenvalue weighted by molar-refractivity contribution is -0.159. The van der Waals surface area contributed by atoms with Crippen LogP contribution in [0.4, 0.5) is 4.39 Å². The Hall–Kier alpha value is -1.62. The molecule has 4 saturated carbocycles. The molecule has 6 rings (SSSR count). The number of amides is 1. The molecule has 1 saturated heterocycles. The molecule has 4 nitrogen and oxygen atoms in total. The zero-order valence-electron chi connectivity index (χ0n) is 16.6. The summed E-state index contributed by atoms with van der Waals surface area (Å²) in [4.78, 5) is 17.9. The number of ether oxygens (including phenoxy) is 1. The number of hydrogen-bond acceptors (Lipinski definition) is 3. The van der Waals surface area contributed by atoms with Gasteiger partial charge in [0.15, 0.2) is 0 Å². The van der Waals surface area contributed by atoms with Crippen LogP contribution in [0.3, 0.4) is 0 Å². The van der Waals surface area contributed by atoms with Crippen LogP contribution in [0.15, 0.2) is 24.3 Å². The number of carbonyl (C=O) groups excluding carboxylic acids is 1. The van der Waals surface area contributed by atoms with Crippen LogP contribution >= 0.6 is 0 Å². The molecule has 5 heteroatoms. The fourth-order valence-corrected chi connectivity index (χ4v) is 6.73. The average Bonchev–Trinajstić information content (AvgIpc) is 2.67. The summed E-state index contributed by atoms with van der Waals surface area (Å²) in [5, 5.41) is 0. The smallest absolute Gasteiger partial charge is 0.228 e. The molecule has 5 fully saturated rings. The van der Waals surface area contributed by atoms with E-state index < -0.39 is 0 Å². The van der Waals surface area contributed by atoms with Gasteiger partial charge in [-0.15, -0.1) is 0 Å². The highest BCUT2D eigenvalue weighted by atomic mass is 19.1. The van der Waals surface area contributed by atoms with Crippen molar-refractivity contribution in [3.05, 3.63) is 30.1 Å². The average molecular weight is 387 g/mol. The number of rotatable bonds is 5. The highest BCUT2D eigenvalue weighted by Gasteiger charge is 2.55. The van der Waals surface area contributed by atoms with E-state index >= 15 is 0 Å². The Balaban J connectivity index is 1.11. The Kier molecular flexibility index (Phi) is 4.82. The van der Waals surface area contributed by atoms with Crippen LogP contribution in [0.5, 0.6) is 5.75 Å². The standard InChI is InChI=1S/C23H31FN2O2/c24-20-2-1-3-21(13-20)28-9-8-25-4-6-26(7-5-25)22(27)23-14-17-10-18(15-23)12-19(11-17)16-23/h1-3,13,17-19H,4-12,14-16H2. The van der Waals surface area contributed by atoms with Gasteiger partial charge in [0, 0.05) is 38.8 Å². The third-order valence-electron chi connectivity index (χ3n) is 7.62. The molecule has 0 spiro atoms. The zero-order chi connectivity index (χ0) is 19.1. The first-order chi connectivity index (χ1) is 13.6. The molecular formula is C23H31FN2O2. The summed E-state index contributed by atoms with van der Waals surface area (Å²) in [6.45, 7) is 4.85. The maximum Gasteiger partial charge on any atom is 0.228 e. The van der Waals surface area contributed by atoms with Crippen molar-refractivity contribution in [3.8, 4) is 5.75 Å². The van der Waals surface area contributed by atoms with E-state index in [-0.39, 0.29) is 11.2 Å². The number of hydrogen-bond donors (Lipinski definition) is 0. The normalized spacial score (nSPS) is 34.6. The first-order valence-electron chi connectivity index (χ1n) is 11.0. The highest BCUT2D eigenvalue weighted by Crippen LogP contribution is 2.60. The predicted molar refractivity (Wildman–Crippen MR) is 106 cm³/mol. The predicted octanol–water partition coefficient (Wildman–Crippen LogP) is 3.57. The minimum Gasteiger partial charge on any atom is -0.492 e. The minimum absolute atomic E-state index is 0.0165. The second-order valence-corrected chi connectivity index (χ2v) is 9.64. The first kappa shape index (κ1) is 18.4. The van der Waals surface area contributed by atoms with Crippen molar-refractivity contribution in [2.75, 3.05) is 39.3 Å². The van der Waals surface area contributed by atoms with E-state index in [1.807, 2.05) is 0 Å². The van der Waals surface area contributed by atoms with Gasteiger partial charge < -0.3 is 9.64 Å². The van der Waals surface area contributed by atoms with Crippen molar-refractivity contribution in [1.29, 1.82) is 0 Å². The molecule has 5 aliphatic rings. The molecule has 1 aliphatic heterocycles. The van der Waals surface area contributed by atoms with Crippen LogP contribution in [0.1, 0.15) is 38.5 Å². The number of nitrogens with zero attached hydrogens (tertiary/aromatic N) is 2. The first-order valence-corrected chi connectivity index (χ1v) is 11.0. The van der Waals surface area contributed by atoms with Crippen LogP contribution < -0.4 is 4.74 Å². The van der Waals surface area contributed by atoms with E-state index in [2.05, 4.69) is 9.80 Å². The number of benzene rings is 1. The van der Waals surface area contributed by atoms with E-state index in [1.165, 1.54) is 31.4 Å². The van der Waals surface area contributed by atoms with Gasteiger partial charge in [0.2, 0.25) is 5.91 Å². The van der Waals surface area contributed by atoms with Gasteiger partial charge in [-0.1, -0.05) is 6.07 Å². The van der Waals surface area contributed by atoms with Crippen molar-refractivity contribution in [2.45, 2.75) is 38.5 Å². The molecule has 4 aliphatic carbocycles. The molecule has 4 bridgehead atoms. The fourth-order valence-electron chi connectivity index (χ4n) is 6.73. The van der Waals surface area contributed by atoms with Crippen LogP contribution in [0.2, 0.25) is 0 Å². The second-order valence-electron chi connectivity index (χ2n) is 9.64. The third kappa shape index (κ3) is 3.54. The number of carbonyl (C=O) groups is 1. The van der Waals surface area contributed by atoms with E-state index in [9.17, 15) is 9.18 Å². The van der Waals surface area contributed by atoms with Gasteiger partial charge in [-0.3, -0.25) is 9.69 Å². The van der Waals surface area contributed by atoms with Crippen LogP contribution in [-0.4, -0.2) is 55.0 Å². The Morgan fingerprint density at radius 1 is 1.04 bits per heavy atom. The Morgan fingerprint density at radius 2 is 1.68 bits per heavy atom. The molecule has 28 heavy (non-hydrogen) atoms. The largest absolute Gasteiger partial charge is 0.492 e.